The minimum atomic E-state index is -0.496. The van der Waals surface area contributed by atoms with Crippen molar-refractivity contribution < 1.29 is 19.0 Å². The second-order valence-electron chi connectivity index (χ2n) is 5.21. The summed E-state index contributed by atoms with van der Waals surface area (Å²) < 4.78 is 15.6. The number of rotatable bonds is 9. The summed E-state index contributed by atoms with van der Waals surface area (Å²) in [5.41, 5.74) is 0.613. The van der Waals surface area contributed by atoms with Crippen molar-refractivity contribution in [3.05, 3.63) is 29.8 Å². The third-order valence-electron chi connectivity index (χ3n) is 3.40. The van der Waals surface area contributed by atoms with Gasteiger partial charge in [-0.25, -0.2) is 0 Å². The first kappa shape index (κ1) is 17.5. The number of hydrogen-bond donors (Lipinski definition) is 1. The van der Waals surface area contributed by atoms with Crippen molar-refractivity contribution in [1.29, 1.82) is 0 Å². The zero-order valence-corrected chi connectivity index (χ0v) is 13.3. The highest BCUT2D eigenvalue weighted by molar-refractivity contribution is 5.76. The zero-order chi connectivity index (χ0) is 15.7. The molecule has 0 saturated heterocycles. The first-order chi connectivity index (χ1) is 10.0. The molecule has 1 N–H and O–H groups in total. The Kier molecular flexibility index (Phi) is 7.19. The molecule has 0 radical (unpaired) electrons. The molecule has 1 aromatic rings. The van der Waals surface area contributed by atoms with Gasteiger partial charge in [0, 0.05) is 27.2 Å². The lowest BCUT2D eigenvalue weighted by Crippen LogP contribution is -2.45. The van der Waals surface area contributed by atoms with Crippen molar-refractivity contribution in [3.8, 4) is 5.75 Å². The number of methoxy groups -OCH3 is 3. The standard InChI is InChI=1S/C16H25NO4/c1-16(21-4,12-19-2)11-17-15(18)10-7-13-5-8-14(20-3)9-6-13/h5-6,8-9H,7,10-12H2,1-4H3,(H,17,18)/t16-/m1/s1. The summed E-state index contributed by atoms with van der Waals surface area (Å²) in [5.74, 6) is 0.823. The van der Waals surface area contributed by atoms with Crippen LogP contribution in [0.1, 0.15) is 18.9 Å². The van der Waals surface area contributed by atoms with E-state index in [4.69, 9.17) is 14.2 Å². The lowest BCUT2D eigenvalue weighted by molar-refractivity contribution is -0.123. The van der Waals surface area contributed by atoms with E-state index in [1.807, 2.05) is 31.2 Å². The first-order valence-corrected chi connectivity index (χ1v) is 6.96. The van der Waals surface area contributed by atoms with Gasteiger partial charge >= 0.3 is 0 Å². The number of aryl methyl sites for hydroxylation is 1. The molecule has 0 saturated carbocycles. The lowest BCUT2D eigenvalue weighted by Gasteiger charge is -2.27. The Hall–Kier alpha value is -1.59. The molecule has 0 bridgehead atoms. The van der Waals surface area contributed by atoms with Crippen LogP contribution in [0.3, 0.4) is 0 Å². The van der Waals surface area contributed by atoms with Crippen LogP contribution in [0.5, 0.6) is 5.75 Å². The van der Waals surface area contributed by atoms with E-state index in [-0.39, 0.29) is 5.91 Å². The fourth-order valence-electron chi connectivity index (χ4n) is 1.91. The maximum Gasteiger partial charge on any atom is 0.220 e. The van der Waals surface area contributed by atoms with Gasteiger partial charge in [-0.1, -0.05) is 12.1 Å². The predicted octanol–water partition coefficient (Wildman–Crippen LogP) is 1.80. The highest BCUT2D eigenvalue weighted by Gasteiger charge is 2.24. The smallest absolute Gasteiger partial charge is 0.220 e. The van der Waals surface area contributed by atoms with Crippen molar-refractivity contribution in [2.45, 2.75) is 25.4 Å². The Bertz CT molecular complexity index is 432. The van der Waals surface area contributed by atoms with Crippen molar-refractivity contribution in [2.24, 2.45) is 0 Å². The van der Waals surface area contributed by atoms with E-state index < -0.39 is 5.60 Å². The quantitative estimate of drug-likeness (QED) is 0.754. The normalized spacial score (nSPS) is 13.5. The third kappa shape index (κ3) is 6.14. The minimum Gasteiger partial charge on any atom is -0.497 e. The topological polar surface area (TPSA) is 56.8 Å². The number of benzene rings is 1. The molecule has 0 spiro atoms. The minimum absolute atomic E-state index is 0.00481. The van der Waals surface area contributed by atoms with E-state index >= 15 is 0 Å². The van der Waals surface area contributed by atoms with E-state index in [1.165, 1.54) is 0 Å². The van der Waals surface area contributed by atoms with Crippen LogP contribution in [0, 0.1) is 0 Å². The number of carbonyl (C=O) groups is 1. The average molecular weight is 295 g/mol. The SMILES string of the molecule is COC[C@@](C)(CNC(=O)CCc1ccc(OC)cc1)OC. The first-order valence-electron chi connectivity index (χ1n) is 6.96. The molecule has 118 valence electrons. The van der Waals surface area contributed by atoms with E-state index in [0.29, 0.717) is 26.0 Å². The van der Waals surface area contributed by atoms with Crippen LogP contribution < -0.4 is 10.1 Å². The lowest BCUT2D eigenvalue weighted by atomic mass is 10.1. The molecule has 0 fully saturated rings. The molecule has 1 rings (SSSR count). The maximum absolute atomic E-state index is 11.9. The highest BCUT2D eigenvalue weighted by Crippen LogP contribution is 2.13. The molecule has 21 heavy (non-hydrogen) atoms. The largest absolute Gasteiger partial charge is 0.497 e. The molecular weight excluding hydrogens is 270 g/mol. The zero-order valence-electron chi connectivity index (χ0n) is 13.3. The van der Waals surface area contributed by atoms with Crippen LogP contribution in [0.2, 0.25) is 0 Å². The molecule has 0 aliphatic heterocycles. The molecular formula is C16H25NO4. The van der Waals surface area contributed by atoms with E-state index in [9.17, 15) is 4.79 Å². The Labute approximate surface area is 126 Å². The van der Waals surface area contributed by atoms with Crippen molar-refractivity contribution in [3.63, 3.8) is 0 Å². The second kappa shape index (κ2) is 8.64. The van der Waals surface area contributed by atoms with Gasteiger partial charge in [0.25, 0.3) is 0 Å². The van der Waals surface area contributed by atoms with Crippen molar-refractivity contribution >= 4 is 5.91 Å². The van der Waals surface area contributed by atoms with Gasteiger partial charge in [-0.2, -0.15) is 0 Å². The molecule has 1 aromatic carbocycles. The Morgan fingerprint density at radius 1 is 1.19 bits per heavy atom. The summed E-state index contributed by atoms with van der Waals surface area (Å²) in [7, 11) is 4.86. The van der Waals surface area contributed by atoms with Crippen LogP contribution in [0.4, 0.5) is 0 Å². The van der Waals surface area contributed by atoms with Crippen LogP contribution in [0.25, 0.3) is 0 Å². The van der Waals surface area contributed by atoms with E-state index in [2.05, 4.69) is 5.32 Å². The van der Waals surface area contributed by atoms with Gasteiger partial charge in [-0.3, -0.25) is 4.79 Å². The van der Waals surface area contributed by atoms with Crippen molar-refractivity contribution in [2.75, 3.05) is 34.5 Å². The van der Waals surface area contributed by atoms with Gasteiger partial charge in [-0.15, -0.1) is 0 Å². The fourth-order valence-corrected chi connectivity index (χ4v) is 1.91. The van der Waals surface area contributed by atoms with Gasteiger partial charge < -0.3 is 19.5 Å². The number of amides is 1. The Balaban J connectivity index is 2.36. The van der Waals surface area contributed by atoms with Crippen LogP contribution >= 0.6 is 0 Å². The molecule has 0 heterocycles. The fraction of sp³-hybridized carbons (Fsp3) is 0.562. The molecule has 5 nitrogen and oxygen atoms in total. The monoisotopic (exact) mass is 295 g/mol. The Morgan fingerprint density at radius 3 is 2.38 bits per heavy atom. The maximum atomic E-state index is 11.9. The van der Waals surface area contributed by atoms with Crippen LogP contribution in [-0.2, 0) is 20.7 Å². The van der Waals surface area contributed by atoms with Gasteiger partial charge in [-0.05, 0) is 31.0 Å². The summed E-state index contributed by atoms with van der Waals surface area (Å²) in [6, 6.07) is 7.73. The van der Waals surface area contributed by atoms with Crippen LogP contribution in [0.15, 0.2) is 24.3 Å². The molecule has 1 atom stereocenters. The Morgan fingerprint density at radius 2 is 1.86 bits per heavy atom. The number of nitrogens with one attached hydrogen (secondary N) is 1. The second-order valence-corrected chi connectivity index (χ2v) is 5.21. The molecule has 0 unspecified atom stereocenters. The molecule has 5 heteroatoms. The number of hydrogen-bond acceptors (Lipinski definition) is 4. The van der Waals surface area contributed by atoms with Crippen LogP contribution in [-0.4, -0.2) is 46.0 Å². The average Bonchev–Trinajstić information content (AvgIpc) is 2.51. The van der Waals surface area contributed by atoms with E-state index in [0.717, 1.165) is 11.3 Å². The number of carbonyl (C=O) groups excluding carboxylic acids is 1. The van der Waals surface area contributed by atoms with Crippen molar-refractivity contribution in [1.82, 2.24) is 5.32 Å². The van der Waals surface area contributed by atoms with Gasteiger partial charge in [0.05, 0.1) is 13.7 Å². The van der Waals surface area contributed by atoms with Gasteiger partial charge in [0.15, 0.2) is 0 Å². The van der Waals surface area contributed by atoms with Gasteiger partial charge in [0.2, 0.25) is 5.91 Å². The molecule has 0 aliphatic carbocycles. The third-order valence-corrected chi connectivity index (χ3v) is 3.40. The summed E-state index contributed by atoms with van der Waals surface area (Å²) in [5, 5.41) is 2.88. The highest BCUT2D eigenvalue weighted by atomic mass is 16.5. The predicted molar refractivity (Wildman–Crippen MR) is 81.6 cm³/mol. The molecule has 0 aliphatic rings. The van der Waals surface area contributed by atoms with Gasteiger partial charge in [0.1, 0.15) is 11.4 Å². The molecule has 1 amide bonds. The number of ether oxygens (including phenoxy) is 3. The summed E-state index contributed by atoms with van der Waals surface area (Å²) in [6.07, 6.45) is 1.14. The summed E-state index contributed by atoms with van der Waals surface area (Å²) >= 11 is 0. The summed E-state index contributed by atoms with van der Waals surface area (Å²) in [6.45, 7) is 2.77. The van der Waals surface area contributed by atoms with E-state index in [1.54, 1.807) is 21.3 Å². The molecule has 0 aromatic heterocycles. The summed E-state index contributed by atoms with van der Waals surface area (Å²) in [4.78, 5) is 11.9.